The van der Waals surface area contributed by atoms with Gasteiger partial charge in [-0.25, -0.2) is 14.6 Å². The lowest BCUT2D eigenvalue weighted by molar-refractivity contribution is 0.565. The topological polar surface area (TPSA) is 104 Å². The maximum atomic E-state index is 12.4. The molecule has 1 unspecified atom stereocenters. The molecule has 0 amide bonds. The summed E-state index contributed by atoms with van der Waals surface area (Å²) < 4.78 is 15.9. The van der Waals surface area contributed by atoms with Gasteiger partial charge in [0.15, 0.2) is 5.65 Å². The normalized spacial score (nSPS) is 13.6. The Kier molecular flexibility index (Phi) is 4.82. The molecule has 0 radical (unpaired) electrons. The summed E-state index contributed by atoms with van der Waals surface area (Å²) in [5, 5.41) is 13.8. The van der Waals surface area contributed by atoms with E-state index in [-0.39, 0.29) is 0 Å². The second-order valence-corrected chi connectivity index (χ2v) is 11.2. The first-order valence-electron chi connectivity index (χ1n) is 9.99. The highest BCUT2D eigenvalue weighted by molar-refractivity contribution is 7.62. The van der Waals surface area contributed by atoms with E-state index < -0.39 is 7.14 Å². The van der Waals surface area contributed by atoms with Crippen molar-refractivity contribution in [2.45, 2.75) is 19.8 Å². The summed E-state index contributed by atoms with van der Waals surface area (Å²) in [7, 11) is -2.23. The number of hydrogen-bond donors (Lipinski definition) is 0. The molecule has 4 aromatic heterocycles. The van der Waals surface area contributed by atoms with Gasteiger partial charge >= 0.3 is 0 Å². The van der Waals surface area contributed by atoms with Crippen molar-refractivity contribution in [1.29, 1.82) is 0 Å². The molecular formula is C21H21N8OP. The third-order valence-electron chi connectivity index (χ3n) is 5.27. The van der Waals surface area contributed by atoms with Gasteiger partial charge in [0.2, 0.25) is 5.65 Å². The third kappa shape index (κ3) is 3.96. The quantitative estimate of drug-likeness (QED) is 0.377. The Bertz CT molecular complexity index is 1440. The van der Waals surface area contributed by atoms with Gasteiger partial charge in [-0.3, -0.25) is 9.67 Å². The smallest absolute Gasteiger partial charge is 0.221 e. The SMILES string of the molecule is CCP(C)(=O)Cn1cc(-c2cnc3nnn(Cc4ccc5ncccc5c4)c3n2)cn1. The Labute approximate surface area is 178 Å². The van der Waals surface area contributed by atoms with Gasteiger partial charge in [-0.2, -0.15) is 5.10 Å². The van der Waals surface area contributed by atoms with Gasteiger partial charge in [0.25, 0.3) is 0 Å². The lowest BCUT2D eigenvalue weighted by Crippen LogP contribution is -2.03. The van der Waals surface area contributed by atoms with Crippen molar-refractivity contribution >= 4 is 29.3 Å². The van der Waals surface area contributed by atoms with Crippen molar-refractivity contribution in [2.75, 3.05) is 12.8 Å². The van der Waals surface area contributed by atoms with Gasteiger partial charge < -0.3 is 4.57 Å². The molecule has 5 rings (SSSR count). The molecule has 1 aromatic carbocycles. The molecule has 1 atom stereocenters. The Balaban J connectivity index is 1.45. The molecule has 0 fully saturated rings. The molecule has 0 spiro atoms. The molecule has 0 bridgehead atoms. The number of hydrogen-bond acceptors (Lipinski definition) is 7. The minimum atomic E-state index is -2.23. The largest absolute Gasteiger partial charge is 0.322 e. The highest BCUT2D eigenvalue weighted by Crippen LogP contribution is 2.42. The van der Waals surface area contributed by atoms with E-state index in [1.54, 1.807) is 34.6 Å². The summed E-state index contributed by atoms with van der Waals surface area (Å²) in [6.07, 6.45) is 8.07. The zero-order chi connectivity index (χ0) is 21.4. The van der Waals surface area contributed by atoms with Gasteiger partial charge in [0.1, 0.15) is 7.14 Å². The number of rotatable bonds is 6. The van der Waals surface area contributed by atoms with E-state index in [4.69, 9.17) is 4.98 Å². The molecule has 0 N–H and O–H groups in total. The minimum Gasteiger partial charge on any atom is -0.322 e. The van der Waals surface area contributed by atoms with E-state index in [2.05, 4.69) is 31.4 Å². The van der Waals surface area contributed by atoms with Crippen LogP contribution in [0.15, 0.2) is 55.1 Å². The zero-order valence-electron chi connectivity index (χ0n) is 17.3. The van der Waals surface area contributed by atoms with Crippen molar-refractivity contribution in [3.63, 3.8) is 0 Å². The summed E-state index contributed by atoms with van der Waals surface area (Å²) in [6, 6.07) is 10.1. The number of pyridine rings is 1. The Morgan fingerprint density at radius 2 is 2.03 bits per heavy atom. The van der Waals surface area contributed by atoms with E-state index in [0.717, 1.165) is 22.0 Å². The van der Waals surface area contributed by atoms with Crippen LogP contribution in [0.4, 0.5) is 0 Å². The van der Waals surface area contributed by atoms with Crippen LogP contribution < -0.4 is 0 Å². The molecule has 0 aliphatic carbocycles. The number of nitrogens with zero attached hydrogens (tertiary/aromatic N) is 8. The van der Waals surface area contributed by atoms with Gasteiger partial charge in [0.05, 0.1) is 36.4 Å². The van der Waals surface area contributed by atoms with E-state index in [1.807, 2.05) is 37.4 Å². The van der Waals surface area contributed by atoms with Gasteiger partial charge in [-0.05, 0) is 36.6 Å². The predicted molar refractivity (Wildman–Crippen MR) is 119 cm³/mol. The molecule has 5 aromatic rings. The molecule has 4 heterocycles. The molecule has 9 nitrogen and oxygen atoms in total. The second kappa shape index (κ2) is 7.67. The summed E-state index contributed by atoms with van der Waals surface area (Å²) in [6.45, 7) is 4.26. The van der Waals surface area contributed by atoms with Crippen LogP contribution in [0.3, 0.4) is 0 Å². The Morgan fingerprint density at radius 3 is 2.90 bits per heavy atom. The summed E-state index contributed by atoms with van der Waals surface area (Å²) in [5.74, 6) is 0. The zero-order valence-corrected chi connectivity index (χ0v) is 18.1. The third-order valence-corrected chi connectivity index (χ3v) is 7.50. The highest BCUT2D eigenvalue weighted by atomic mass is 31.2. The van der Waals surface area contributed by atoms with E-state index in [1.165, 1.54) is 0 Å². The van der Waals surface area contributed by atoms with Crippen molar-refractivity contribution in [2.24, 2.45) is 0 Å². The number of aromatic nitrogens is 8. The fourth-order valence-electron chi connectivity index (χ4n) is 3.38. The van der Waals surface area contributed by atoms with Crippen LogP contribution in [-0.2, 0) is 17.4 Å². The van der Waals surface area contributed by atoms with E-state index in [0.29, 0.717) is 36.0 Å². The first-order valence-corrected chi connectivity index (χ1v) is 12.5. The number of fused-ring (bicyclic) bond motifs is 2. The fraction of sp³-hybridized carbons (Fsp3) is 0.238. The summed E-state index contributed by atoms with van der Waals surface area (Å²) >= 11 is 0. The van der Waals surface area contributed by atoms with Crippen molar-refractivity contribution in [3.05, 3.63) is 60.7 Å². The van der Waals surface area contributed by atoms with Crippen LogP contribution in [-0.4, -0.2) is 52.6 Å². The first kappa shape index (κ1) is 19.5. The van der Waals surface area contributed by atoms with Crippen LogP contribution >= 0.6 is 7.14 Å². The Hall–Kier alpha value is -3.45. The number of benzene rings is 1. The monoisotopic (exact) mass is 432 g/mol. The van der Waals surface area contributed by atoms with E-state index >= 15 is 0 Å². The van der Waals surface area contributed by atoms with Crippen LogP contribution in [0.5, 0.6) is 0 Å². The average Bonchev–Trinajstić information content (AvgIpc) is 3.40. The lowest BCUT2D eigenvalue weighted by atomic mass is 10.1. The molecule has 0 aliphatic rings. The molecule has 0 saturated carbocycles. The highest BCUT2D eigenvalue weighted by Gasteiger charge is 2.16. The first-order chi connectivity index (χ1) is 15.0. The fourth-order valence-corrected chi connectivity index (χ4v) is 4.34. The van der Waals surface area contributed by atoms with Crippen molar-refractivity contribution < 1.29 is 4.57 Å². The van der Waals surface area contributed by atoms with Gasteiger partial charge in [-0.15, -0.1) is 5.10 Å². The molecule has 0 aliphatic heterocycles. The maximum Gasteiger partial charge on any atom is 0.221 e. The Morgan fingerprint density at radius 1 is 1.13 bits per heavy atom. The molecule has 156 valence electrons. The molecule has 10 heteroatoms. The maximum absolute atomic E-state index is 12.4. The average molecular weight is 432 g/mol. The predicted octanol–water partition coefficient (Wildman–Crippen LogP) is 3.65. The van der Waals surface area contributed by atoms with Crippen LogP contribution in [0.2, 0.25) is 0 Å². The van der Waals surface area contributed by atoms with Crippen LogP contribution in [0, 0.1) is 0 Å². The summed E-state index contributed by atoms with van der Waals surface area (Å²) in [4.78, 5) is 13.5. The lowest BCUT2D eigenvalue weighted by Gasteiger charge is -2.09. The van der Waals surface area contributed by atoms with Crippen LogP contribution in [0.25, 0.3) is 33.5 Å². The van der Waals surface area contributed by atoms with Crippen molar-refractivity contribution in [3.8, 4) is 11.3 Å². The van der Waals surface area contributed by atoms with Gasteiger partial charge in [-0.1, -0.05) is 24.3 Å². The standard InChI is InChI=1S/C21H21N8OP/c1-3-31(2,30)14-28-13-17(10-24-28)19-11-23-20-21(25-19)29(27-26-20)12-15-6-7-18-16(9-15)5-4-8-22-18/h4-11,13H,3,12,14H2,1-2H3. The molecular weight excluding hydrogens is 411 g/mol. The second-order valence-electron chi connectivity index (χ2n) is 7.70. The van der Waals surface area contributed by atoms with E-state index in [9.17, 15) is 4.57 Å². The van der Waals surface area contributed by atoms with Crippen molar-refractivity contribution in [1.82, 2.24) is 39.7 Å². The molecule has 31 heavy (non-hydrogen) atoms. The molecule has 0 saturated heterocycles. The minimum absolute atomic E-state index is 0.412. The van der Waals surface area contributed by atoms with Gasteiger partial charge in [0, 0.05) is 23.3 Å². The van der Waals surface area contributed by atoms with Crippen LogP contribution in [0.1, 0.15) is 12.5 Å². The summed E-state index contributed by atoms with van der Waals surface area (Å²) in [5.41, 5.74) is 4.61.